The molecule has 2 atom stereocenters. The summed E-state index contributed by atoms with van der Waals surface area (Å²) in [4.78, 5) is 15.2. The van der Waals surface area contributed by atoms with Crippen LogP contribution < -0.4 is 5.32 Å². The summed E-state index contributed by atoms with van der Waals surface area (Å²) < 4.78 is 52.3. The topological polar surface area (TPSA) is 32.3 Å². The number of hydrogen-bond donors (Lipinski definition) is 1. The molecule has 1 fully saturated rings. The SMILES string of the molecule is O=C(NCc1cccc(C(F)(F)F)c1)C1CCC(c2ccccc2)N(Cc2ccc(F)cc2)C1. The van der Waals surface area contributed by atoms with Gasteiger partial charge in [0.25, 0.3) is 0 Å². The van der Waals surface area contributed by atoms with E-state index in [2.05, 4.69) is 22.3 Å². The minimum Gasteiger partial charge on any atom is -0.352 e. The van der Waals surface area contributed by atoms with Gasteiger partial charge >= 0.3 is 6.18 Å². The third kappa shape index (κ3) is 6.03. The third-order valence-electron chi connectivity index (χ3n) is 6.26. The van der Waals surface area contributed by atoms with E-state index in [0.29, 0.717) is 25.1 Å². The van der Waals surface area contributed by atoms with E-state index in [0.717, 1.165) is 29.7 Å². The number of benzene rings is 3. The van der Waals surface area contributed by atoms with Gasteiger partial charge in [0.05, 0.1) is 11.5 Å². The van der Waals surface area contributed by atoms with Crippen molar-refractivity contribution in [3.8, 4) is 0 Å². The van der Waals surface area contributed by atoms with Crippen molar-refractivity contribution >= 4 is 5.91 Å². The first kappa shape index (κ1) is 24.0. The summed E-state index contributed by atoms with van der Waals surface area (Å²) in [6.07, 6.45) is -2.97. The van der Waals surface area contributed by atoms with Gasteiger partial charge in [0.2, 0.25) is 5.91 Å². The monoisotopic (exact) mass is 470 g/mol. The maximum absolute atomic E-state index is 13.4. The van der Waals surface area contributed by atoms with E-state index in [1.165, 1.54) is 18.2 Å². The molecule has 7 heteroatoms. The summed E-state index contributed by atoms with van der Waals surface area (Å²) in [5, 5.41) is 2.81. The fraction of sp³-hybridized carbons (Fsp3) is 0.296. The standard InChI is InChI=1S/C27H26F4N2O/c28-24-12-9-19(10-13-24)17-33-18-22(11-14-25(33)21-6-2-1-3-7-21)26(34)32-16-20-5-4-8-23(15-20)27(29,30)31/h1-10,12-13,15,22,25H,11,14,16-18H2,(H,32,34). The molecule has 3 aromatic carbocycles. The summed E-state index contributed by atoms with van der Waals surface area (Å²) >= 11 is 0. The molecule has 1 aliphatic heterocycles. The Morgan fingerprint density at radius 2 is 1.65 bits per heavy atom. The van der Waals surface area contributed by atoms with Crippen LogP contribution in [0.5, 0.6) is 0 Å². The van der Waals surface area contributed by atoms with Gasteiger partial charge in [-0.25, -0.2) is 4.39 Å². The second kappa shape index (κ2) is 10.4. The van der Waals surface area contributed by atoms with Gasteiger partial charge in [0.15, 0.2) is 0 Å². The average Bonchev–Trinajstić information content (AvgIpc) is 2.84. The smallest absolute Gasteiger partial charge is 0.352 e. The van der Waals surface area contributed by atoms with Crippen molar-refractivity contribution in [3.63, 3.8) is 0 Å². The van der Waals surface area contributed by atoms with E-state index < -0.39 is 11.7 Å². The second-order valence-corrected chi connectivity index (χ2v) is 8.67. The van der Waals surface area contributed by atoms with E-state index in [4.69, 9.17) is 0 Å². The van der Waals surface area contributed by atoms with Crippen LogP contribution in [-0.4, -0.2) is 17.4 Å². The van der Waals surface area contributed by atoms with Crippen molar-refractivity contribution in [3.05, 3.63) is 107 Å². The van der Waals surface area contributed by atoms with Crippen molar-refractivity contribution in [2.45, 2.75) is 38.1 Å². The Morgan fingerprint density at radius 1 is 0.912 bits per heavy atom. The van der Waals surface area contributed by atoms with Crippen molar-refractivity contribution in [2.75, 3.05) is 6.54 Å². The van der Waals surface area contributed by atoms with Crippen LogP contribution in [0.4, 0.5) is 17.6 Å². The Kier molecular flexibility index (Phi) is 7.32. The lowest BCUT2D eigenvalue weighted by Gasteiger charge is -2.39. The molecule has 3 aromatic rings. The molecule has 0 radical (unpaired) electrons. The van der Waals surface area contributed by atoms with Gasteiger partial charge in [-0.05, 0) is 53.8 Å². The highest BCUT2D eigenvalue weighted by Crippen LogP contribution is 2.35. The second-order valence-electron chi connectivity index (χ2n) is 8.67. The number of carbonyl (C=O) groups excluding carboxylic acids is 1. The number of hydrogen-bond acceptors (Lipinski definition) is 2. The van der Waals surface area contributed by atoms with E-state index in [1.54, 1.807) is 18.2 Å². The fourth-order valence-corrected chi connectivity index (χ4v) is 4.50. The molecular formula is C27H26F4N2O. The van der Waals surface area contributed by atoms with Crippen LogP contribution >= 0.6 is 0 Å². The summed E-state index contributed by atoms with van der Waals surface area (Å²) in [7, 11) is 0. The quantitative estimate of drug-likeness (QED) is 0.441. The van der Waals surface area contributed by atoms with Gasteiger partial charge in [-0.15, -0.1) is 0 Å². The first-order valence-electron chi connectivity index (χ1n) is 11.3. The van der Waals surface area contributed by atoms with Gasteiger partial charge < -0.3 is 5.32 Å². The highest BCUT2D eigenvalue weighted by molar-refractivity contribution is 5.79. The fourth-order valence-electron chi connectivity index (χ4n) is 4.50. The number of piperidine rings is 1. The first-order valence-corrected chi connectivity index (χ1v) is 11.3. The number of rotatable bonds is 6. The van der Waals surface area contributed by atoms with Crippen LogP contribution in [0, 0.1) is 11.7 Å². The predicted octanol–water partition coefficient (Wildman–Crippen LogP) is 6.11. The van der Waals surface area contributed by atoms with Gasteiger partial charge in [-0.2, -0.15) is 13.2 Å². The predicted molar refractivity (Wildman–Crippen MR) is 122 cm³/mol. The first-order chi connectivity index (χ1) is 16.3. The van der Waals surface area contributed by atoms with Crippen LogP contribution in [0.1, 0.15) is 41.1 Å². The van der Waals surface area contributed by atoms with Crippen LogP contribution in [0.15, 0.2) is 78.9 Å². The average molecular weight is 471 g/mol. The van der Waals surface area contributed by atoms with E-state index in [-0.39, 0.29) is 30.2 Å². The Balaban J connectivity index is 1.44. The van der Waals surface area contributed by atoms with E-state index in [9.17, 15) is 22.4 Å². The number of amides is 1. The lowest BCUT2D eigenvalue weighted by molar-refractivity contribution is -0.137. The van der Waals surface area contributed by atoms with Crippen molar-refractivity contribution < 1.29 is 22.4 Å². The van der Waals surface area contributed by atoms with Gasteiger partial charge in [-0.3, -0.25) is 9.69 Å². The lowest BCUT2D eigenvalue weighted by atomic mass is 9.88. The number of likely N-dealkylation sites (tertiary alicyclic amines) is 1. The maximum atomic E-state index is 13.4. The molecular weight excluding hydrogens is 444 g/mol. The van der Waals surface area contributed by atoms with Gasteiger partial charge in [0, 0.05) is 25.7 Å². The Bertz CT molecular complexity index is 1100. The van der Waals surface area contributed by atoms with Crippen molar-refractivity contribution in [1.29, 1.82) is 0 Å². The molecule has 1 N–H and O–H groups in total. The zero-order chi connectivity index (χ0) is 24.1. The maximum Gasteiger partial charge on any atom is 0.416 e. The molecule has 1 aliphatic rings. The molecule has 178 valence electrons. The highest BCUT2D eigenvalue weighted by Gasteiger charge is 2.33. The number of alkyl halides is 3. The molecule has 0 spiro atoms. The molecule has 0 saturated carbocycles. The number of halogens is 4. The number of nitrogens with zero attached hydrogens (tertiary/aromatic N) is 1. The molecule has 4 rings (SSSR count). The zero-order valence-corrected chi connectivity index (χ0v) is 18.6. The van der Waals surface area contributed by atoms with Crippen molar-refractivity contribution in [2.24, 2.45) is 5.92 Å². The lowest BCUT2D eigenvalue weighted by Crippen LogP contribution is -2.44. The Morgan fingerprint density at radius 3 is 2.35 bits per heavy atom. The van der Waals surface area contributed by atoms with E-state index in [1.807, 2.05) is 18.2 Å². The summed E-state index contributed by atoms with van der Waals surface area (Å²) in [6, 6.07) is 21.5. The third-order valence-corrected chi connectivity index (χ3v) is 6.26. The zero-order valence-electron chi connectivity index (χ0n) is 18.6. The number of carbonyl (C=O) groups is 1. The molecule has 2 unspecified atom stereocenters. The highest BCUT2D eigenvalue weighted by atomic mass is 19.4. The van der Waals surface area contributed by atoms with E-state index >= 15 is 0 Å². The van der Waals surface area contributed by atoms with Gasteiger partial charge in [-0.1, -0.05) is 54.6 Å². The molecule has 3 nitrogen and oxygen atoms in total. The van der Waals surface area contributed by atoms with Crippen LogP contribution in [0.25, 0.3) is 0 Å². The number of nitrogens with one attached hydrogen (secondary N) is 1. The normalized spacial score (nSPS) is 19.1. The van der Waals surface area contributed by atoms with Gasteiger partial charge in [0.1, 0.15) is 5.82 Å². The molecule has 1 saturated heterocycles. The molecule has 0 aromatic heterocycles. The summed E-state index contributed by atoms with van der Waals surface area (Å²) in [5.41, 5.74) is 1.79. The molecule has 1 heterocycles. The van der Waals surface area contributed by atoms with Crippen LogP contribution in [0.3, 0.4) is 0 Å². The minimum atomic E-state index is -4.42. The Hall–Kier alpha value is -3.19. The summed E-state index contributed by atoms with van der Waals surface area (Å²) in [6.45, 7) is 1.11. The van der Waals surface area contributed by atoms with Crippen molar-refractivity contribution in [1.82, 2.24) is 10.2 Å². The summed E-state index contributed by atoms with van der Waals surface area (Å²) in [5.74, 6) is -0.756. The largest absolute Gasteiger partial charge is 0.416 e. The molecule has 1 amide bonds. The minimum absolute atomic E-state index is 0.0410. The molecule has 0 aliphatic carbocycles. The molecule has 34 heavy (non-hydrogen) atoms. The van der Waals surface area contributed by atoms with Crippen LogP contribution in [0.2, 0.25) is 0 Å². The molecule has 0 bridgehead atoms. The Labute approximate surface area is 196 Å². The van der Waals surface area contributed by atoms with Crippen LogP contribution in [-0.2, 0) is 24.1 Å².